The van der Waals surface area contributed by atoms with Crippen molar-refractivity contribution in [3.63, 3.8) is 0 Å². The molecule has 0 saturated heterocycles. The molecule has 0 fully saturated rings. The average Bonchev–Trinajstić information content (AvgIpc) is 3.35. The topological polar surface area (TPSA) is 65.6 Å². The highest BCUT2D eigenvalue weighted by atomic mass is 19.4. The molecule has 2 aromatic carbocycles. The van der Waals surface area contributed by atoms with Gasteiger partial charge in [0.15, 0.2) is 0 Å². The summed E-state index contributed by atoms with van der Waals surface area (Å²) >= 11 is 0. The number of carbonyl (C=O) groups is 2. The minimum atomic E-state index is -4.43. The maximum Gasteiger partial charge on any atom is 0.416 e. The number of rotatable bonds is 16. The van der Waals surface area contributed by atoms with Gasteiger partial charge < -0.3 is 19.5 Å². The zero-order chi connectivity index (χ0) is 29.0. The predicted molar refractivity (Wildman–Crippen MR) is 151 cm³/mol. The highest BCUT2D eigenvalue weighted by Gasteiger charge is 2.30. The largest absolute Gasteiger partial charge is 0.416 e. The van der Waals surface area contributed by atoms with Gasteiger partial charge in [-0.2, -0.15) is 13.2 Å². The second-order valence-electron chi connectivity index (χ2n) is 10.1. The minimum absolute atomic E-state index is 0.0898. The van der Waals surface area contributed by atoms with Gasteiger partial charge in [-0.3, -0.25) is 9.59 Å². The lowest BCUT2D eigenvalue weighted by Crippen LogP contribution is -2.44. The molecule has 6 nitrogen and oxygen atoms in total. The van der Waals surface area contributed by atoms with Crippen LogP contribution >= 0.6 is 0 Å². The van der Waals surface area contributed by atoms with Crippen molar-refractivity contribution in [3.05, 3.63) is 71.4 Å². The van der Waals surface area contributed by atoms with Crippen molar-refractivity contribution in [1.29, 1.82) is 0 Å². The Morgan fingerprint density at radius 3 is 2.33 bits per heavy atom. The summed E-state index contributed by atoms with van der Waals surface area (Å²) in [6.45, 7) is 3.13. The summed E-state index contributed by atoms with van der Waals surface area (Å²) in [7, 11) is 1.55. The number of ether oxygens (including phenoxy) is 1. The lowest BCUT2D eigenvalue weighted by Gasteiger charge is -2.28. The maximum absolute atomic E-state index is 13.6. The number of unbranched alkanes of at least 4 members (excludes halogenated alkanes) is 4. The first-order chi connectivity index (χ1) is 19.2. The lowest BCUT2D eigenvalue weighted by atomic mass is 10.1. The van der Waals surface area contributed by atoms with Crippen LogP contribution in [0, 0.1) is 0 Å². The number of para-hydroxylation sites is 1. The van der Waals surface area contributed by atoms with Gasteiger partial charge >= 0.3 is 6.18 Å². The van der Waals surface area contributed by atoms with E-state index in [-0.39, 0.29) is 24.9 Å². The van der Waals surface area contributed by atoms with Gasteiger partial charge in [-0.15, -0.1) is 0 Å². The molecule has 218 valence electrons. The summed E-state index contributed by atoms with van der Waals surface area (Å²) in [5.41, 5.74) is 1.89. The van der Waals surface area contributed by atoms with E-state index in [2.05, 4.69) is 11.9 Å². The van der Waals surface area contributed by atoms with Gasteiger partial charge in [-0.05, 0) is 42.2 Å². The van der Waals surface area contributed by atoms with Gasteiger partial charge in [0, 0.05) is 50.3 Å². The number of hydrogen-bond donors (Lipinski definition) is 1. The van der Waals surface area contributed by atoms with Crippen LogP contribution in [-0.2, 0) is 33.5 Å². The summed E-state index contributed by atoms with van der Waals surface area (Å²) in [6.07, 6.45) is 3.48. The molecule has 2 amide bonds. The number of benzene rings is 2. The van der Waals surface area contributed by atoms with Gasteiger partial charge in [-0.25, -0.2) is 0 Å². The molecular formula is C31H40F3N3O3. The van der Waals surface area contributed by atoms with Crippen LogP contribution < -0.4 is 0 Å². The van der Waals surface area contributed by atoms with Gasteiger partial charge in [0.2, 0.25) is 11.8 Å². The molecule has 0 bridgehead atoms. The first kappa shape index (κ1) is 31.2. The number of aromatic nitrogens is 1. The second kappa shape index (κ2) is 15.5. The highest BCUT2D eigenvalue weighted by molar-refractivity contribution is 5.85. The number of nitrogens with zero attached hydrogens (tertiary/aromatic N) is 2. The van der Waals surface area contributed by atoms with Gasteiger partial charge in [0.1, 0.15) is 0 Å². The van der Waals surface area contributed by atoms with E-state index in [9.17, 15) is 22.8 Å². The van der Waals surface area contributed by atoms with E-state index in [1.165, 1.54) is 17.0 Å². The van der Waals surface area contributed by atoms with E-state index >= 15 is 0 Å². The number of halogens is 3. The van der Waals surface area contributed by atoms with Gasteiger partial charge in [0.25, 0.3) is 0 Å². The quantitative estimate of drug-likeness (QED) is 0.201. The number of H-pyrrole nitrogens is 1. The molecule has 40 heavy (non-hydrogen) atoms. The summed E-state index contributed by atoms with van der Waals surface area (Å²) in [5.74, 6) is -0.344. The molecule has 0 aliphatic rings. The van der Waals surface area contributed by atoms with E-state index < -0.39 is 11.7 Å². The minimum Gasteiger partial charge on any atom is -0.383 e. The number of fused-ring (bicyclic) bond motifs is 1. The Morgan fingerprint density at radius 2 is 1.62 bits per heavy atom. The molecule has 0 radical (unpaired) electrons. The van der Waals surface area contributed by atoms with Crippen molar-refractivity contribution in [3.8, 4) is 0 Å². The summed E-state index contributed by atoms with van der Waals surface area (Å²) in [4.78, 5) is 33.0. The summed E-state index contributed by atoms with van der Waals surface area (Å²) in [6, 6.07) is 12.7. The fourth-order valence-electron chi connectivity index (χ4n) is 4.70. The molecule has 0 atom stereocenters. The molecule has 0 spiro atoms. The van der Waals surface area contributed by atoms with Crippen LogP contribution in [0.15, 0.2) is 54.7 Å². The molecule has 3 rings (SSSR count). The molecule has 3 aromatic rings. The smallest absolute Gasteiger partial charge is 0.383 e. The molecule has 1 heterocycles. The van der Waals surface area contributed by atoms with E-state index in [1.807, 2.05) is 30.5 Å². The van der Waals surface area contributed by atoms with Crippen molar-refractivity contribution in [1.82, 2.24) is 14.8 Å². The van der Waals surface area contributed by atoms with E-state index in [0.29, 0.717) is 38.1 Å². The molecule has 0 aliphatic carbocycles. The van der Waals surface area contributed by atoms with Crippen LogP contribution in [0.5, 0.6) is 0 Å². The number of methoxy groups -OCH3 is 1. The third kappa shape index (κ3) is 9.40. The number of carbonyl (C=O) groups excluding carboxylic acids is 2. The van der Waals surface area contributed by atoms with Crippen molar-refractivity contribution >= 4 is 22.7 Å². The number of aromatic amines is 1. The van der Waals surface area contributed by atoms with Crippen molar-refractivity contribution in [2.75, 3.05) is 33.4 Å². The van der Waals surface area contributed by atoms with Gasteiger partial charge in [-0.1, -0.05) is 62.9 Å². The number of nitrogens with one attached hydrogen (secondary N) is 1. The fraction of sp³-hybridized carbons (Fsp3) is 0.484. The third-order valence-electron chi connectivity index (χ3n) is 7.07. The van der Waals surface area contributed by atoms with Crippen molar-refractivity contribution in [2.45, 2.75) is 64.6 Å². The predicted octanol–water partition coefficient (Wildman–Crippen LogP) is 6.59. The molecule has 0 unspecified atom stereocenters. The lowest BCUT2D eigenvalue weighted by molar-refractivity contribution is -0.141. The SMILES string of the molecule is CCCCCCCC(=O)N(CCOC)CC(=O)N(CCc1c[nH]c2ccccc12)Cc1ccc(C(F)(F)F)cc1. The molecule has 0 aliphatic heterocycles. The highest BCUT2D eigenvalue weighted by Crippen LogP contribution is 2.29. The van der Waals surface area contributed by atoms with Crippen LogP contribution in [0.25, 0.3) is 10.9 Å². The first-order valence-electron chi connectivity index (χ1n) is 14.0. The zero-order valence-electron chi connectivity index (χ0n) is 23.4. The van der Waals surface area contributed by atoms with Crippen LogP contribution in [0.3, 0.4) is 0 Å². The zero-order valence-corrected chi connectivity index (χ0v) is 23.4. The van der Waals surface area contributed by atoms with Crippen molar-refractivity contribution < 1.29 is 27.5 Å². The van der Waals surface area contributed by atoms with E-state index in [0.717, 1.165) is 60.7 Å². The third-order valence-corrected chi connectivity index (χ3v) is 7.07. The molecule has 1 N–H and O–H groups in total. The number of alkyl halides is 3. The fourth-order valence-corrected chi connectivity index (χ4v) is 4.70. The Hall–Kier alpha value is -3.33. The first-order valence-corrected chi connectivity index (χ1v) is 14.0. The monoisotopic (exact) mass is 559 g/mol. The van der Waals surface area contributed by atoms with Crippen LogP contribution in [0.1, 0.15) is 62.1 Å². The normalized spacial score (nSPS) is 11.6. The van der Waals surface area contributed by atoms with Crippen LogP contribution in [0.2, 0.25) is 0 Å². The maximum atomic E-state index is 13.6. The number of amides is 2. The summed E-state index contributed by atoms with van der Waals surface area (Å²) < 4.78 is 44.4. The second-order valence-corrected chi connectivity index (χ2v) is 10.1. The standard InChI is InChI=1S/C31H40F3N3O3/c1-3-4-5-6-7-12-29(38)37(19-20-40-2)23-30(39)36(22-24-13-15-26(16-14-24)31(32,33)34)18-17-25-21-35-28-11-9-8-10-27(25)28/h8-11,13-16,21,35H,3-7,12,17-20,22-23H2,1-2H3. The van der Waals surface area contributed by atoms with Crippen LogP contribution in [-0.4, -0.2) is 59.9 Å². The van der Waals surface area contributed by atoms with E-state index in [1.54, 1.807) is 12.0 Å². The number of hydrogen-bond acceptors (Lipinski definition) is 3. The van der Waals surface area contributed by atoms with Gasteiger partial charge in [0.05, 0.1) is 18.7 Å². The van der Waals surface area contributed by atoms with E-state index in [4.69, 9.17) is 4.74 Å². The molecule has 9 heteroatoms. The Kier molecular flexibility index (Phi) is 12.1. The average molecular weight is 560 g/mol. The Labute approximate surface area is 234 Å². The molecule has 0 saturated carbocycles. The Morgan fingerprint density at radius 1 is 0.900 bits per heavy atom. The summed E-state index contributed by atoms with van der Waals surface area (Å²) in [5, 5.41) is 1.06. The Bertz CT molecular complexity index is 1210. The van der Waals surface area contributed by atoms with Crippen molar-refractivity contribution in [2.24, 2.45) is 0 Å². The van der Waals surface area contributed by atoms with Crippen LogP contribution in [0.4, 0.5) is 13.2 Å². The molecular weight excluding hydrogens is 519 g/mol. The molecule has 1 aromatic heterocycles. The Balaban J connectivity index is 1.74.